The molecule has 0 bridgehead atoms. The summed E-state index contributed by atoms with van der Waals surface area (Å²) in [4.78, 5) is 8.53. The van der Waals surface area contributed by atoms with E-state index in [0.29, 0.717) is 17.2 Å². The Hall–Kier alpha value is -2.82. The molecule has 0 fully saturated rings. The zero-order valence-electron chi connectivity index (χ0n) is 10.9. The van der Waals surface area contributed by atoms with Crippen molar-refractivity contribution in [1.82, 2.24) is 9.97 Å². The summed E-state index contributed by atoms with van der Waals surface area (Å²) in [5.41, 5.74) is 7.14. The Bertz CT molecular complexity index is 759. The molecule has 0 aliphatic rings. The van der Waals surface area contributed by atoms with E-state index in [1.165, 1.54) is 0 Å². The first-order valence-corrected chi connectivity index (χ1v) is 6.09. The van der Waals surface area contributed by atoms with Gasteiger partial charge >= 0.3 is 6.01 Å². The highest BCUT2D eigenvalue weighted by molar-refractivity contribution is 5.77. The molecule has 2 aromatic carbocycles. The predicted octanol–water partition coefficient (Wildman–Crippen LogP) is 3.01. The maximum absolute atomic E-state index is 5.70. The van der Waals surface area contributed by atoms with Gasteiger partial charge in [0.05, 0.1) is 12.6 Å². The van der Waals surface area contributed by atoms with Crippen molar-refractivity contribution < 1.29 is 9.47 Å². The number of anilines is 1. The zero-order chi connectivity index (χ0) is 13.9. The van der Waals surface area contributed by atoms with Crippen LogP contribution in [0.5, 0.6) is 17.5 Å². The van der Waals surface area contributed by atoms with Gasteiger partial charge in [-0.05, 0) is 18.2 Å². The second-order valence-corrected chi connectivity index (χ2v) is 4.22. The van der Waals surface area contributed by atoms with E-state index in [2.05, 4.69) is 9.97 Å². The molecule has 0 saturated heterocycles. The maximum Gasteiger partial charge on any atom is 0.322 e. The number of aromatic nitrogens is 2. The Morgan fingerprint density at radius 1 is 1.05 bits per heavy atom. The summed E-state index contributed by atoms with van der Waals surface area (Å²) in [7, 11) is 1.56. The zero-order valence-corrected chi connectivity index (χ0v) is 10.9. The van der Waals surface area contributed by atoms with Crippen molar-refractivity contribution >= 4 is 16.6 Å². The van der Waals surface area contributed by atoms with Gasteiger partial charge in [-0.15, -0.1) is 0 Å². The van der Waals surface area contributed by atoms with E-state index < -0.39 is 0 Å². The SMILES string of the molecule is COc1cc(N)ccc1Oc1ncc2ccccc2n1. The van der Waals surface area contributed by atoms with Gasteiger partial charge in [0.15, 0.2) is 11.5 Å². The van der Waals surface area contributed by atoms with Crippen LogP contribution >= 0.6 is 0 Å². The Morgan fingerprint density at radius 2 is 1.90 bits per heavy atom. The molecule has 1 aromatic heterocycles. The molecule has 1 heterocycles. The fraction of sp³-hybridized carbons (Fsp3) is 0.0667. The van der Waals surface area contributed by atoms with Gasteiger partial charge in [-0.25, -0.2) is 4.98 Å². The van der Waals surface area contributed by atoms with Crippen LogP contribution in [-0.2, 0) is 0 Å². The molecule has 20 heavy (non-hydrogen) atoms. The van der Waals surface area contributed by atoms with Crippen LogP contribution in [0.15, 0.2) is 48.7 Å². The van der Waals surface area contributed by atoms with Gasteiger partial charge in [0, 0.05) is 23.3 Å². The quantitative estimate of drug-likeness (QED) is 0.739. The lowest BCUT2D eigenvalue weighted by Gasteiger charge is -2.09. The molecule has 0 radical (unpaired) electrons. The van der Waals surface area contributed by atoms with E-state index in [9.17, 15) is 0 Å². The number of nitrogen functional groups attached to an aromatic ring is 1. The average Bonchev–Trinajstić information content (AvgIpc) is 2.49. The van der Waals surface area contributed by atoms with Crippen LogP contribution in [0.4, 0.5) is 5.69 Å². The van der Waals surface area contributed by atoms with Crippen molar-refractivity contribution in [3.63, 3.8) is 0 Å². The smallest absolute Gasteiger partial charge is 0.322 e. The maximum atomic E-state index is 5.70. The van der Waals surface area contributed by atoms with E-state index in [-0.39, 0.29) is 6.01 Å². The second kappa shape index (κ2) is 5.05. The first-order chi connectivity index (χ1) is 9.76. The minimum Gasteiger partial charge on any atom is -0.493 e. The van der Waals surface area contributed by atoms with Crippen LogP contribution in [0.2, 0.25) is 0 Å². The number of hydrogen-bond donors (Lipinski definition) is 1. The van der Waals surface area contributed by atoms with Crippen molar-refractivity contribution in [1.29, 1.82) is 0 Å². The fourth-order valence-corrected chi connectivity index (χ4v) is 1.87. The molecule has 0 aliphatic heterocycles. The number of para-hydroxylation sites is 1. The third-order valence-corrected chi connectivity index (χ3v) is 2.86. The van der Waals surface area contributed by atoms with Gasteiger partial charge in [0.1, 0.15) is 0 Å². The number of hydrogen-bond acceptors (Lipinski definition) is 5. The van der Waals surface area contributed by atoms with Gasteiger partial charge in [-0.1, -0.05) is 18.2 Å². The lowest BCUT2D eigenvalue weighted by Crippen LogP contribution is -1.96. The molecule has 0 saturated carbocycles. The first-order valence-electron chi connectivity index (χ1n) is 6.09. The summed E-state index contributed by atoms with van der Waals surface area (Å²) in [6.07, 6.45) is 1.72. The third-order valence-electron chi connectivity index (χ3n) is 2.86. The fourth-order valence-electron chi connectivity index (χ4n) is 1.87. The number of ether oxygens (including phenoxy) is 2. The molecule has 0 amide bonds. The molecule has 100 valence electrons. The molecular formula is C15H13N3O2. The Balaban J connectivity index is 1.96. The number of fused-ring (bicyclic) bond motifs is 1. The Labute approximate surface area is 116 Å². The number of nitrogens with zero attached hydrogens (tertiary/aromatic N) is 2. The largest absolute Gasteiger partial charge is 0.493 e. The highest BCUT2D eigenvalue weighted by atomic mass is 16.5. The number of benzene rings is 2. The lowest BCUT2D eigenvalue weighted by atomic mass is 10.2. The topological polar surface area (TPSA) is 70.3 Å². The third kappa shape index (κ3) is 2.33. The lowest BCUT2D eigenvalue weighted by molar-refractivity contribution is 0.369. The number of methoxy groups -OCH3 is 1. The standard InChI is InChI=1S/C15H13N3O2/c1-19-14-8-11(16)6-7-13(14)20-15-17-9-10-4-2-3-5-12(10)18-15/h2-9H,16H2,1H3. The summed E-state index contributed by atoms with van der Waals surface area (Å²) < 4.78 is 10.9. The molecule has 5 heteroatoms. The number of rotatable bonds is 3. The van der Waals surface area contributed by atoms with Crippen molar-refractivity contribution in [2.75, 3.05) is 12.8 Å². The van der Waals surface area contributed by atoms with E-state index >= 15 is 0 Å². The molecule has 0 spiro atoms. The second-order valence-electron chi connectivity index (χ2n) is 4.22. The van der Waals surface area contributed by atoms with Gasteiger partial charge in [-0.2, -0.15) is 4.98 Å². The summed E-state index contributed by atoms with van der Waals surface area (Å²) >= 11 is 0. The molecule has 5 nitrogen and oxygen atoms in total. The molecule has 0 atom stereocenters. The molecule has 0 aliphatic carbocycles. The Kier molecular flexibility index (Phi) is 3.09. The average molecular weight is 267 g/mol. The van der Waals surface area contributed by atoms with Crippen LogP contribution in [-0.4, -0.2) is 17.1 Å². The van der Waals surface area contributed by atoms with Crippen molar-refractivity contribution in [2.24, 2.45) is 0 Å². The molecule has 3 aromatic rings. The van der Waals surface area contributed by atoms with Crippen LogP contribution in [0.25, 0.3) is 10.9 Å². The minimum absolute atomic E-state index is 0.270. The molecule has 3 rings (SSSR count). The van der Waals surface area contributed by atoms with Crippen molar-refractivity contribution in [3.05, 3.63) is 48.7 Å². The molecule has 2 N–H and O–H groups in total. The summed E-state index contributed by atoms with van der Waals surface area (Å²) in [5.74, 6) is 1.07. The van der Waals surface area contributed by atoms with Gasteiger partial charge in [0.2, 0.25) is 0 Å². The van der Waals surface area contributed by atoms with Gasteiger partial charge in [0.25, 0.3) is 0 Å². The van der Waals surface area contributed by atoms with Crippen LogP contribution in [0, 0.1) is 0 Å². The monoisotopic (exact) mass is 267 g/mol. The van der Waals surface area contributed by atoms with Crippen LogP contribution in [0.1, 0.15) is 0 Å². The highest BCUT2D eigenvalue weighted by Crippen LogP contribution is 2.32. The van der Waals surface area contributed by atoms with Crippen molar-refractivity contribution in [2.45, 2.75) is 0 Å². The summed E-state index contributed by atoms with van der Waals surface area (Å²) in [6.45, 7) is 0. The van der Waals surface area contributed by atoms with Crippen molar-refractivity contribution in [3.8, 4) is 17.5 Å². The van der Waals surface area contributed by atoms with Gasteiger partial charge < -0.3 is 15.2 Å². The first kappa shape index (κ1) is 12.2. The van der Waals surface area contributed by atoms with E-state index in [1.807, 2.05) is 24.3 Å². The van der Waals surface area contributed by atoms with Crippen LogP contribution in [0.3, 0.4) is 0 Å². The summed E-state index contributed by atoms with van der Waals surface area (Å²) in [6, 6.07) is 13.1. The summed E-state index contributed by atoms with van der Waals surface area (Å²) in [5, 5.41) is 0.962. The van der Waals surface area contributed by atoms with E-state index in [0.717, 1.165) is 10.9 Å². The normalized spacial score (nSPS) is 10.4. The Morgan fingerprint density at radius 3 is 2.75 bits per heavy atom. The predicted molar refractivity (Wildman–Crippen MR) is 77.0 cm³/mol. The highest BCUT2D eigenvalue weighted by Gasteiger charge is 2.08. The minimum atomic E-state index is 0.270. The van der Waals surface area contributed by atoms with E-state index in [4.69, 9.17) is 15.2 Å². The number of nitrogens with two attached hydrogens (primary N) is 1. The molecule has 0 unspecified atom stereocenters. The van der Waals surface area contributed by atoms with Crippen LogP contribution < -0.4 is 15.2 Å². The van der Waals surface area contributed by atoms with Gasteiger partial charge in [-0.3, -0.25) is 0 Å². The van der Waals surface area contributed by atoms with E-state index in [1.54, 1.807) is 31.5 Å². The molecular weight excluding hydrogens is 254 g/mol.